The van der Waals surface area contributed by atoms with E-state index in [1.54, 1.807) is 5.01 Å². The van der Waals surface area contributed by atoms with Crippen LogP contribution < -0.4 is 11.6 Å². The lowest BCUT2D eigenvalue weighted by molar-refractivity contribution is 0.317. The molecule has 0 spiro atoms. The summed E-state index contributed by atoms with van der Waals surface area (Å²) >= 11 is 0. The van der Waals surface area contributed by atoms with Crippen molar-refractivity contribution >= 4 is 0 Å². The molecule has 1 rings (SSSR count). The molecule has 1 aliphatic rings. The SMILES string of the molecule is CCCN(N)C1=CC(C)=CC(C)C1N. The predicted octanol–water partition coefficient (Wildman–Crippen LogP) is 1.38. The minimum atomic E-state index is 0.0373. The Morgan fingerprint density at radius 2 is 2.14 bits per heavy atom. The molecule has 0 aromatic carbocycles. The van der Waals surface area contributed by atoms with Crippen LogP contribution in [0, 0.1) is 5.92 Å². The minimum Gasteiger partial charge on any atom is -0.322 e. The van der Waals surface area contributed by atoms with E-state index in [9.17, 15) is 0 Å². The Morgan fingerprint density at radius 1 is 1.50 bits per heavy atom. The summed E-state index contributed by atoms with van der Waals surface area (Å²) in [4.78, 5) is 0. The van der Waals surface area contributed by atoms with Crippen LogP contribution in [0.2, 0.25) is 0 Å². The van der Waals surface area contributed by atoms with Gasteiger partial charge in [-0.25, -0.2) is 5.84 Å². The van der Waals surface area contributed by atoms with Crippen molar-refractivity contribution in [2.75, 3.05) is 6.54 Å². The van der Waals surface area contributed by atoms with E-state index in [4.69, 9.17) is 11.6 Å². The Morgan fingerprint density at radius 3 is 2.71 bits per heavy atom. The number of hydrogen-bond donors (Lipinski definition) is 2. The van der Waals surface area contributed by atoms with Gasteiger partial charge in [-0.1, -0.05) is 25.5 Å². The number of hydrazine groups is 1. The van der Waals surface area contributed by atoms with Crippen LogP contribution in [0.1, 0.15) is 27.2 Å². The van der Waals surface area contributed by atoms with E-state index >= 15 is 0 Å². The van der Waals surface area contributed by atoms with Crippen molar-refractivity contribution in [3.8, 4) is 0 Å². The molecule has 0 saturated carbocycles. The Labute approximate surface area is 86.4 Å². The lowest BCUT2D eigenvalue weighted by atomic mass is 9.91. The molecule has 0 aromatic rings. The summed E-state index contributed by atoms with van der Waals surface area (Å²) in [5.41, 5.74) is 8.39. The molecule has 14 heavy (non-hydrogen) atoms. The van der Waals surface area contributed by atoms with E-state index < -0.39 is 0 Å². The molecular weight excluding hydrogens is 174 g/mol. The number of rotatable bonds is 3. The summed E-state index contributed by atoms with van der Waals surface area (Å²) in [6, 6.07) is 0.0373. The van der Waals surface area contributed by atoms with Crippen LogP contribution >= 0.6 is 0 Å². The number of nitrogens with two attached hydrogens (primary N) is 2. The fraction of sp³-hybridized carbons (Fsp3) is 0.636. The highest BCUT2D eigenvalue weighted by Gasteiger charge is 2.22. The molecule has 0 radical (unpaired) electrons. The van der Waals surface area contributed by atoms with Crippen LogP contribution in [0.15, 0.2) is 23.4 Å². The fourth-order valence-corrected chi connectivity index (χ4v) is 1.81. The molecule has 0 saturated heterocycles. The zero-order valence-corrected chi connectivity index (χ0v) is 9.33. The van der Waals surface area contributed by atoms with E-state index in [0.717, 1.165) is 18.7 Å². The van der Waals surface area contributed by atoms with Crippen molar-refractivity contribution in [3.63, 3.8) is 0 Å². The standard InChI is InChI=1S/C11H21N3/c1-4-5-14(13)10-7-8(2)6-9(3)11(10)12/h6-7,9,11H,4-5,12-13H2,1-3H3. The molecule has 0 fully saturated rings. The Kier molecular flexibility index (Phi) is 3.72. The van der Waals surface area contributed by atoms with Crippen LogP contribution in [0.4, 0.5) is 0 Å². The third-order valence-corrected chi connectivity index (χ3v) is 2.61. The van der Waals surface area contributed by atoms with Crippen LogP contribution in [-0.4, -0.2) is 17.6 Å². The predicted molar refractivity (Wildman–Crippen MR) is 60.2 cm³/mol. The molecule has 2 atom stereocenters. The molecule has 2 unspecified atom stereocenters. The second kappa shape index (κ2) is 4.62. The molecule has 3 nitrogen and oxygen atoms in total. The fourth-order valence-electron chi connectivity index (χ4n) is 1.81. The van der Waals surface area contributed by atoms with Gasteiger partial charge in [-0.05, 0) is 25.3 Å². The van der Waals surface area contributed by atoms with E-state index in [0.29, 0.717) is 5.92 Å². The van der Waals surface area contributed by atoms with Gasteiger partial charge in [-0.2, -0.15) is 0 Å². The number of allylic oxidation sites excluding steroid dienone is 2. The van der Waals surface area contributed by atoms with E-state index in [2.05, 4.69) is 32.9 Å². The highest BCUT2D eigenvalue weighted by molar-refractivity contribution is 5.30. The summed E-state index contributed by atoms with van der Waals surface area (Å²) in [5, 5.41) is 1.78. The van der Waals surface area contributed by atoms with Crippen LogP contribution in [0.5, 0.6) is 0 Å². The minimum absolute atomic E-state index is 0.0373. The first-order valence-corrected chi connectivity index (χ1v) is 5.24. The maximum atomic E-state index is 6.08. The van der Waals surface area contributed by atoms with Gasteiger partial charge >= 0.3 is 0 Å². The Hall–Kier alpha value is -0.800. The second-order valence-electron chi connectivity index (χ2n) is 4.06. The maximum absolute atomic E-state index is 6.08. The number of nitrogens with zero attached hydrogens (tertiary/aromatic N) is 1. The monoisotopic (exact) mass is 195 g/mol. The third kappa shape index (κ3) is 2.36. The van der Waals surface area contributed by atoms with Gasteiger partial charge in [0.2, 0.25) is 0 Å². The van der Waals surface area contributed by atoms with Crippen molar-refractivity contribution in [1.82, 2.24) is 5.01 Å². The summed E-state index contributed by atoms with van der Waals surface area (Å²) in [7, 11) is 0. The molecule has 0 heterocycles. The van der Waals surface area contributed by atoms with Crippen molar-refractivity contribution in [3.05, 3.63) is 23.4 Å². The van der Waals surface area contributed by atoms with Gasteiger partial charge in [-0.3, -0.25) is 0 Å². The van der Waals surface area contributed by atoms with Gasteiger partial charge in [0.05, 0.1) is 6.04 Å². The lowest BCUT2D eigenvalue weighted by Crippen LogP contribution is -2.43. The Balaban J connectivity index is 2.80. The molecule has 0 bridgehead atoms. The van der Waals surface area contributed by atoms with Crippen molar-refractivity contribution in [1.29, 1.82) is 0 Å². The average molecular weight is 195 g/mol. The topological polar surface area (TPSA) is 55.3 Å². The van der Waals surface area contributed by atoms with Gasteiger partial charge in [-0.15, -0.1) is 0 Å². The Bertz CT molecular complexity index is 255. The van der Waals surface area contributed by atoms with E-state index in [1.165, 1.54) is 5.57 Å². The smallest absolute Gasteiger partial charge is 0.0522 e. The quantitative estimate of drug-likeness (QED) is 0.528. The molecule has 80 valence electrons. The summed E-state index contributed by atoms with van der Waals surface area (Å²) in [5.74, 6) is 6.30. The highest BCUT2D eigenvalue weighted by Crippen LogP contribution is 2.22. The third-order valence-electron chi connectivity index (χ3n) is 2.61. The van der Waals surface area contributed by atoms with Gasteiger partial charge in [0, 0.05) is 12.2 Å². The molecular formula is C11H21N3. The molecule has 0 amide bonds. The maximum Gasteiger partial charge on any atom is 0.0522 e. The normalized spacial score (nSPS) is 26.9. The van der Waals surface area contributed by atoms with Crippen molar-refractivity contribution in [2.45, 2.75) is 33.2 Å². The molecule has 0 aromatic heterocycles. The first-order chi connectivity index (χ1) is 6.56. The van der Waals surface area contributed by atoms with Crippen molar-refractivity contribution in [2.24, 2.45) is 17.5 Å². The molecule has 0 aliphatic heterocycles. The van der Waals surface area contributed by atoms with Gasteiger partial charge in [0.25, 0.3) is 0 Å². The van der Waals surface area contributed by atoms with Crippen LogP contribution in [0.25, 0.3) is 0 Å². The molecule has 4 N–H and O–H groups in total. The largest absolute Gasteiger partial charge is 0.322 e. The summed E-state index contributed by atoms with van der Waals surface area (Å²) < 4.78 is 0. The van der Waals surface area contributed by atoms with Gasteiger partial charge in [0.15, 0.2) is 0 Å². The average Bonchev–Trinajstić information content (AvgIpc) is 2.11. The summed E-state index contributed by atoms with van der Waals surface area (Å²) in [6.07, 6.45) is 5.31. The zero-order valence-electron chi connectivity index (χ0n) is 9.33. The van der Waals surface area contributed by atoms with Gasteiger partial charge < -0.3 is 10.7 Å². The highest BCUT2D eigenvalue weighted by atomic mass is 15.4. The van der Waals surface area contributed by atoms with Crippen LogP contribution in [-0.2, 0) is 0 Å². The van der Waals surface area contributed by atoms with Crippen molar-refractivity contribution < 1.29 is 0 Å². The van der Waals surface area contributed by atoms with E-state index in [-0.39, 0.29) is 6.04 Å². The first kappa shape index (κ1) is 11.3. The summed E-state index contributed by atoms with van der Waals surface area (Å²) in [6.45, 7) is 7.18. The van der Waals surface area contributed by atoms with E-state index in [1.807, 2.05) is 0 Å². The number of hydrogen-bond acceptors (Lipinski definition) is 3. The molecule has 1 aliphatic carbocycles. The second-order valence-corrected chi connectivity index (χ2v) is 4.06. The lowest BCUT2D eigenvalue weighted by Gasteiger charge is -2.31. The molecule has 3 heteroatoms. The zero-order chi connectivity index (χ0) is 10.7. The van der Waals surface area contributed by atoms with Gasteiger partial charge in [0.1, 0.15) is 0 Å². The first-order valence-electron chi connectivity index (χ1n) is 5.24. The van der Waals surface area contributed by atoms with Crippen LogP contribution in [0.3, 0.4) is 0 Å².